The van der Waals surface area contributed by atoms with Gasteiger partial charge < -0.3 is 20.3 Å². The number of likely N-dealkylation sites (tertiary alicyclic amines) is 1. The highest BCUT2D eigenvalue weighted by atomic mass is 35.5. The van der Waals surface area contributed by atoms with Gasteiger partial charge in [0.15, 0.2) is 11.2 Å². The minimum atomic E-state index is -4.84. The Kier molecular flexibility index (Phi) is 14.1. The zero-order valence-corrected chi connectivity index (χ0v) is 34.8. The molecule has 4 amide bonds. The Morgan fingerprint density at radius 3 is 2.44 bits per heavy atom. The minimum Gasteiger partial charge on any atom is -0.493 e. The molecule has 0 bridgehead atoms. The molecule has 6 rings (SSSR count). The molecular weight excluding hydrogens is 809 g/mol. The maximum atomic E-state index is 13.8. The summed E-state index contributed by atoms with van der Waals surface area (Å²) in [5.74, 6) is -0.0965. The molecule has 3 fully saturated rings. The maximum Gasteiger partial charge on any atom is 0.419 e. The predicted molar refractivity (Wildman–Crippen MR) is 223 cm³/mol. The van der Waals surface area contributed by atoms with Gasteiger partial charge in [0.25, 0.3) is 5.91 Å². The molecule has 0 spiro atoms. The lowest BCUT2D eigenvalue weighted by atomic mass is 9.94. The molecule has 3 aliphatic heterocycles. The van der Waals surface area contributed by atoms with Crippen molar-refractivity contribution in [3.8, 4) is 11.8 Å². The van der Waals surface area contributed by atoms with Crippen molar-refractivity contribution in [2.75, 3.05) is 46.7 Å². The van der Waals surface area contributed by atoms with Crippen LogP contribution in [0.2, 0.25) is 0 Å². The topological polar surface area (TPSA) is 160 Å². The average molecular weight is 857 g/mol. The van der Waals surface area contributed by atoms with Crippen LogP contribution < -0.4 is 30.5 Å². The number of halogens is 4. The zero-order chi connectivity index (χ0) is 41.9. The number of thiol groups is 1. The number of anilines is 4. The zero-order valence-electron chi connectivity index (χ0n) is 33.1. The molecule has 3 aliphatic rings. The Morgan fingerprint density at radius 1 is 1.07 bits per heavy atom. The molecule has 0 aliphatic carbocycles. The second-order valence-corrected chi connectivity index (χ2v) is 16.1. The first-order valence-electron chi connectivity index (χ1n) is 19.2. The molecule has 2 aromatic carbocycles. The number of pyridine rings is 1. The molecule has 59 heavy (non-hydrogen) atoms. The smallest absolute Gasteiger partial charge is 0.419 e. The van der Waals surface area contributed by atoms with Crippen molar-refractivity contribution in [2.45, 2.75) is 89.0 Å². The summed E-state index contributed by atoms with van der Waals surface area (Å²) < 4.78 is 47.6. The van der Waals surface area contributed by atoms with Crippen LogP contribution in [0, 0.1) is 17.2 Å². The highest BCUT2D eigenvalue weighted by molar-refractivity contribution is 7.81. The lowest BCUT2D eigenvalue weighted by Crippen LogP contribution is -2.47. The first-order chi connectivity index (χ1) is 27.5. The second kappa shape index (κ2) is 18.5. The number of rotatable bonds is 12. The highest BCUT2D eigenvalue weighted by Crippen LogP contribution is 2.43. The third-order valence-corrected chi connectivity index (χ3v) is 11.3. The number of carbonyl (C=O) groups is 4. The molecule has 3 N–H and O–H groups in total. The molecule has 3 saturated heterocycles. The van der Waals surface area contributed by atoms with E-state index < -0.39 is 40.4 Å². The number of nitriles is 1. The van der Waals surface area contributed by atoms with Gasteiger partial charge in [-0.3, -0.25) is 34.3 Å². The Bertz CT molecular complexity index is 2110. The predicted octanol–water partition coefficient (Wildman–Crippen LogP) is 6.70. The number of carbonyl (C=O) groups excluding carboxylic acids is 4. The fourth-order valence-electron chi connectivity index (χ4n) is 7.66. The number of alkyl halides is 3. The van der Waals surface area contributed by atoms with Gasteiger partial charge in [-0.25, -0.2) is 4.98 Å². The summed E-state index contributed by atoms with van der Waals surface area (Å²) in [6.07, 6.45) is -0.437. The third-order valence-electron chi connectivity index (χ3n) is 10.8. The molecule has 2 atom stereocenters. The van der Waals surface area contributed by atoms with Crippen molar-refractivity contribution in [1.29, 1.82) is 5.26 Å². The van der Waals surface area contributed by atoms with Gasteiger partial charge in [0, 0.05) is 23.5 Å². The Balaban J connectivity index is 0.00000661. The van der Waals surface area contributed by atoms with Crippen molar-refractivity contribution in [3.05, 3.63) is 71.5 Å². The van der Waals surface area contributed by atoms with Crippen LogP contribution >= 0.6 is 25.0 Å². The van der Waals surface area contributed by atoms with Crippen LogP contribution in [0.25, 0.3) is 0 Å². The Morgan fingerprint density at radius 2 is 1.78 bits per heavy atom. The van der Waals surface area contributed by atoms with E-state index in [-0.39, 0.29) is 54.7 Å². The van der Waals surface area contributed by atoms with Gasteiger partial charge in [-0.05, 0) is 112 Å². The van der Waals surface area contributed by atoms with E-state index in [1.165, 1.54) is 6.07 Å². The third kappa shape index (κ3) is 10.2. The molecule has 316 valence electrons. The molecule has 0 saturated carbocycles. The number of nitrogens with one attached hydrogen (secondary N) is 3. The number of aromatic nitrogens is 1. The number of piperidine rings is 2. The largest absolute Gasteiger partial charge is 0.493 e. The Hall–Kier alpha value is -5.05. The first kappa shape index (κ1) is 45.0. The lowest BCUT2D eigenvalue weighted by Gasteiger charge is -2.34. The lowest BCUT2D eigenvalue weighted by molar-refractivity contribution is -0.138. The van der Waals surface area contributed by atoms with E-state index in [1.807, 2.05) is 32.0 Å². The normalized spacial score (nSPS) is 19.9. The monoisotopic (exact) mass is 856 g/mol. The van der Waals surface area contributed by atoms with E-state index in [2.05, 4.69) is 25.8 Å². The van der Waals surface area contributed by atoms with Gasteiger partial charge in [0.05, 0.1) is 30.6 Å². The number of nitrogens with zero attached hydrogens (tertiary/aromatic N) is 5. The highest BCUT2D eigenvalue weighted by Gasteiger charge is 2.52. The van der Waals surface area contributed by atoms with Gasteiger partial charge in [0.2, 0.25) is 17.7 Å². The number of hydrogen-bond acceptors (Lipinski definition) is 11. The van der Waals surface area contributed by atoms with Crippen LogP contribution in [0.1, 0.15) is 82.5 Å². The number of imide groups is 1. The SMILES string of the molecule is CC(C)c1cc(N2C(S)N(c3cnc(C#N)c(C(F)(F)F)c3)C(=O)C2(C)C)ccc1OCCC1CCN(CC(=O)Nc2cccc(NC3CCC(=O)NC3=O)c2)CC1.Cl. The number of ether oxygens (including phenoxy) is 1. The number of amides is 4. The Labute approximate surface area is 352 Å². The van der Waals surface area contributed by atoms with E-state index in [4.69, 9.17) is 17.4 Å². The molecule has 4 heterocycles. The van der Waals surface area contributed by atoms with E-state index in [1.54, 1.807) is 43.0 Å². The quantitative estimate of drug-likeness (QED) is 0.114. The average Bonchev–Trinajstić information content (AvgIpc) is 3.34. The first-order valence-corrected chi connectivity index (χ1v) is 19.8. The van der Waals surface area contributed by atoms with Crippen molar-refractivity contribution < 1.29 is 37.1 Å². The van der Waals surface area contributed by atoms with Gasteiger partial charge in [-0.15, -0.1) is 25.0 Å². The molecule has 0 radical (unpaired) electrons. The summed E-state index contributed by atoms with van der Waals surface area (Å²) in [7, 11) is 0. The number of benzene rings is 2. The van der Waals surface area contributed by atoms with Crippen molar-refractivity contribution in [3.63, 3.8) is 0 Å². The summed E-state index contributed by atoms with van der Waals surface area (Å²) in [5.41, 5.74) is -1.46. The van der Waals surface area contributed by atoms with Crippen molar-refractivity contribution in [2.24, 2.45) is 5.92 Å². The van der Waals surface area contributed by atoms with Gasteiger partial charge in [-0.1, -0.05) is 19.9 Å². The summed E-state index contributed by atoms with van der Waals surface area (Å²) in [5, 5.41) is 17.6. The van der Waals surface area contributed by atoms with Gasteiger partial charge in [0.1, 0.15) is 23.4 Å². The molecule has 1 aromatic heterocycles. The minimum absolute atomic E-state index is 0. The molecule has 13 nitrogen and oxygen atoms in total. The van der Waals surface area contributed by atoms with Crippen molar-refractivity contribution >= 4 is 71.4 Å². The summed E-state index contributed by atoms with van der Waals surface area (Å²) in [6, 6.07) is 14.4. The second-order valence-electron chi connectivity index (χ2n) is 15.7. The molecular formula is C41H48ClF3N8O5S. The van der Waals surface area contributed by atoms with Crippen LogP contribution in [0.3, 0.4) is 0 Å². The summed E-state index contributed by atoms with van der Waals surface area (Å²) in [4.78, 5) is 59.0. The molecule has 3 aromatic rings. The fraction of sp³-hybridized carbons (Fsp3) is 0.463. The summed E-state index contributed by atoms with van der Waals surface area (Å²) in [6.45, 7) is 9.69. The van der Waals surface area contributed by atoms with Crippen LogP contribution in [-0.4, -0.2) is 76.8 Å². The van der Waals surface area contributed by atoms with Crippen molar-refractivity contribution in [1.82, 2.24) is 15.2 Å². The standard InChI is InChI=1S/C41H47F3N8O5S.ClH/c1-24(2)30-19-28(52-39(58)51(38(56)40(52,3)4)29-20-31(41(42,43)44)33(21-45)46-22-29)8-10-34(30)57-17-14-25-12-15-50(16-13-25)23-36(54)48-27-7-5-6-26(18-27)47-32-9-11-35(53)49-37(32)55;/h5-8,10,18-20,22,24-25,32,39,47,58H,9,11-17,23H2,1-4H3,(H,48,54)(H,49,53,55);1H. The number of hydrogen-bond donors (Lipinski definition) is 4. The van der Waals surface area contributed by atoms with E-state index in [9.17, 15) is 37.6 Å². The summed E-state index contributed by atoms with van der Waals surface area (Å²) >= 11 is 4.71. The van der Waals surface area contributed by atoms with Gasteiger partial charge >= 0.3 is 6.18 Å². The van der Waals surface area contributed by atoms with Crippen LogP contribution in [0.15, 0.2) is 54.7 Å². The molecule has 2 unspecified atom stereocenters. The molecule has 18 heteroatoms. The van der Waals surface area contributed by atoms with Crippen LogP contribution in [-0.2, 0) is 25.4 Å². The fourth-order valence-corrected chi connectivity index (χ4v) is 8.32. The van der Waals surface area contributed by atoms with Crippen LogP contribution in [0.5, 0.6) is 5.75 Å². The van der Waals surface area contributed by atoms with E-state index in [0.717, 1.165) is 55.1 Å². The van der Waals surface area contributed by atoms with E-state index in [0.29, 0.717) is 41.8 Å². The van der Waals surface area contributed by atoms with E-state index >= 15 is 0 Å². The van der Waals surface area contributed by atoms with Gasteiger partial charge in [-0.2, -0.15) is 18.4 Å². The van der Waals surface area contributed by atoms with Crippen LogP contribution in [0.4, 0.5) is 35.9 Å². The maximum absolute atomic E-state index is 13.8.